The maximum atomic E-state index is 14.9. The lowest BCUT2D eigenvalue weighted by Gasteiger charge is -2.39. The van der Waals surface area contributed by atoms with Crippen LogP contribution in [0.15, 0.2) is 30.6 Å². The van der Waals surface area contributed by atoms with Crippen molar-refractivity contribution in [1.82, 2.24) is 19.8 Å². The molecule has 1 N–H and O–H groups in total. The summed E-state index contributed by atoms with van der Waals surface area (Å²) in [6, 6.07) is 6.81. The Morgan fingerprint density at radius 1 is 1.09 bits per heavy atom. The van der Waals surface area contributed by atoms with Gasteiger partial charge in [-0.1, -0.05) is 23.2 Å². The molecule has 3 aromatic rings. The standard InChI is InChI=1S/C31H36Cl2FN5O4/c1-31(2,3)43-30(40)39-18-5-6-19(39)14-20(13-18)42-26-15-21-24(16-25(26)41-12-11-38-9-4-10-38)35-17-36-29(21)37-23-8-7-22(32)27(33)28(23)34/h7-8,15-20H,4-6,9-14H2,1-3H3,(H,35,36,37)/t18-,19+,20?. The predicted octanol–water partition coefficient (Wildman–Crippen LogP) is 7.21. The molecule has 2 bridgehead atoms. The number of fused-ring (bicyclic) bond motifs is 3. The van der Waals surface area contributed by atoms with Gasteiger partial charge in [0, 0.05) is 42.9 Å². The van der Waals surface area contributed by atoms with Crippen molar-refractivity contribution in [3.8, 4) is 11.5 Å². The normalized spacial score (nSPS) is 21.9. The highest BCUT2D eigenvalue weighted by atomic mass is 35.5. The number of piperidine rings is 1. The second-order valence-electron chi connectivity index (χ2n) is 12.4. The third-order valence-corrected chi connectivity index (χ3v) is 8.97. The van der Waals surface area contributed by atoms with E-state index in [0.29, 0.717) is 47.7 Å². The zero-order valence-electron chi connectivity index (χ0n) is 24.5. The summed E-state index contributed by atoms with van der Waals surface area (Å²) in [5.41, 5.74) is 0.202. The molecule has 0 aliphatic carbocycles. The molecule has 1 amide bonds. The minimum absolute atomic E-state index is 0.0491. The van der Waals surface area contributed by atoms with Gasteiger partial charge in [0.2, 0.25) is 0 Å². The number of carbonyl (C=O) groups excluding carboxylic acids is 1. The summed E-state index contributed by atoms with van der Waals surface area (Å²) in [6.07, 6.45) is 5.43. The van der Waals surface area contributed by atoms with E-state index in [2.05, 4.69) is 20.2 Å². The third kappa shape index (κ3) is 6.56. The number of aromatic nitrogens is 2. The molecule has 0 radical (unpaired) electrons. The first-order valence-corrected chi connectivity index (χ1v) is 15.5. The minimum atomic E-state index is -0.671. The number of benzene rings is 2. The number of anilines is 2. The number of nitrogens with one attached hydrogen (secondary N) is 1. The fourth-order valence-corrected chi connectivity index (χ4v) is 6.33. The Labute approximate surface area is 260 Å². The van der Waals surface area contributed by atoms with Crippen LogP contribution < -0.4 is 14.8 Å². The van der Waals surface area contributed by atoms with Gasteiger partial charge >= 0.3 is 6.09 Å². The number of halogens is 3. The van der Waals surface area contributed by atoms with Crippen molar-refractivity contribution in [2.45, 2.75) is 76.7 Å². The zero-order chi connectivity index (χ0) is 30.3. The van der Waals surface area contributed by atoms with Crippen LogP contribution in [0.5, 0.6) is 11.5 Å². The summed E-state index contributed by atoms with van der Waals surface area (Å²) >= 11 is 12.0. The molecule has 1 unspecified atom stereocenters. The molecule has 4 heterocycles. The molecule has 6 rings (SSSR count). The Balaban J connectivity index is 1.27. The first-order valence-electron chi connectivity index (χ1n) is 14.8. The third-order valence-electron chi connectivity index (χ3n) is 8.19. The van der Waals surface area contributed by atoms with Crippen molar-refractivity contribution >= 4 is 51.7 Å². The van der Waals surface area contributed by atoms with Gasteiger partial charge < -0.3 is 24.4 Å². The lowest BCUT2D eigenvalue weighted by atomic mass is 10.00. The number of hydrogen-bond donors (Lipinski definition) is 1. The van der Waals surface area contributed by atoms with Gasteiger partial charge in [0.05, 0.1) is 21.2 Å². The molecule has 3 aliphatic rings. The number of hydrogen-bond acceptors (Lipinski definition) is 8. The van der Waals surface area contributed by atoms with Gasteiger partial charge in [-0.25, -0.2) is 19.2 Å². The number of amides is 1. The summed E-state index contributed by atoms with van der Waals surface area (Å²) in [6.45, 7) is 9.14. The van der Waals surface area contributed by atoms with E-state index in [-0.39, 0.29) is 40.0 Å². The second-order valence-corrected chi connectivity index (χ2v) is 13.2. The maximum absolute atomic E-state index is 14.9. The van der Waals surface area contributed by atoms with Crippen LogP contribution >= 0.6 is 23.2 Å². The smallest absolute Gasteiger partial charge is 0.410 e. The van der Waals surface area contributed by atoms with Crippen LogP contribution in [0.3, 0.4) is 0 Å². The van der Waals surface area contributed by atoms with Gasteiger partial charge in [-0.15, -0.1) is 0 Å². The Bertz CT molecular complexity index is 1500. The number of ether oxygens (including phenoxy) is 3. The summed E-state index contributed by atoms with van der Waals surface area (Å²) in [4.78, 5) is 26.0. The van der Waals surface area contributed by atoms with Crippen LogP contribution in [0.4, 0.5) is 20.7 Å². The van der Waals surface area contributed by atoms with Crippen molar-refractivity contribution in [2.24, 2.45) is 0 Å². The largest absolute Gasteiger partial charge is 0.488 e. The summed E-state index contributed by atoms with van der Waals surface area (Å²) in [7, 11) is 0. The van der Waals surface area contributed by atoms with Crippen LogP contribution in [0.25, 0.3) is 10.9 Å². The van der Waals surface area contributed by atoms with Crippen LogP contribution in [0.1, 0.15) is 52.9 Å². The van der Waals surface area contributed by atoms with Crippen molar-refractivity contribution in [1.29, 1.82) is 0 Å². The number of likely N-dealkylation sites (tertiary alicyclic amines) is 1. The first kappa shape index (κ1) is 30.0. The molecule has 230 valence electrons. The van der Waals surface area contributed by atoms with Gasteiger partial charge in [-0.3, -0.25) is 4.90 Å². The first-order chi connectivity index (χ1) is 20.6. The van der Waals surface area contributed by atoms with Crippen LogP contribution in [0, 0.1) is 5.82 Å². The average molecular weight is 633 g/mol. The molecule has 3 aliphatic heterocycles. The van der Waals surface area contributed by atoms with E-state index in [1.165, 1.54) is 24.9 Å². The van der Waals surface area contributed by atoms with Gasteiger partial charge in [0.25, 0.3) is 0 Å². The Hall–Kier alpha value is -3.08. The highest BCUT2D eigenvalue weighted by molar-refractivity contribution is 6.42. The van der Waals surface area contributed by atoms with Gasteiger partial charge in [-0.2, -0.15) is 0 Å². The average Bonchev–Trinajstić information content (AvgIpc) is 3.20. The molecule has 2 aromatic carbocycles. The number of rotatable bonds is 8. The van der Waals surface area contributed by atoms with E-state index >= 15 is 0 Å². The Morgan fingerprint density at radius 2 is 1.84 bits per heavy atom. The molecule has 1 aromatic heterocycles. The molecule has 3 atom stereocenters. The molecular weight excluding hydrogens is 596 g/mol. The molecular formula is C31H36Cl2FN5O4. The SMILES string of the molecule is CC(C)(C)OC(=O)N1[C@@H]2CC[C@H]1CC(Oc1cc3c(Nc4ccc(Cl)c(Cl)c4F)ncnc3cc1OCCN1CCC1)C2. The zero-order valence-corrected chi connectivity index (χ0v) is 26.1. The summed E-state index contributed by atoms with van der Waals surface area (Å²) < 4.78 is 33.5. The van der Waals surface area contributed by atoms with Gasteiger partial charge in [0.15, 0.2) is 17.3 Å². The molecule has 9 nitrogen and oxygen atoms in total. The monoisotopic (exact) mass is 631 g/mol. The fourth-order valence-electron chi connectivity index (χ4n) is 6.02. The molecule has 43 heavy (non-hydrogen) atoms. The van der Waals surface area contributed by atoms with Crippen molar-refractivity contribution in [3.05, 3.63) is 46.5 Å². The quantitative estimate of drug-likeness (QED) is 0.261. The van der Waals surface area contributed by atoms with E-state index in [0.717, 1.165) is 32.5 Å². The second kappa shape index (κ2) is 12.1. The lowest BCUT2D eigenvalue weighted by Crippen LogP contribution is -2.50. The van der Waals surface area contributed by atoms with Crippen molar-refractivity contribution in [3.63, 3.8) is 0 Å². The maximum Gasteiger partial charge on any atom is 0.410 e. The Kier molecular flexibility index (Phi) is 8.45. The molecule has 3 saturated heterocycles. The van der Waals surface area contributed by atoms with Crippen molar-refractivity contribution < 1.29 is 23.4 Å². The molecule has 3 fully saturated rings. The van der Waals surface area contributed by atoms with E-state index in [9.17, 15) is 9.18 Å². The Morgan fingerprint density at radius 3 is 2.51 bits per heavy atom. The van der Waals surface area contributed by atoms with E-state index in [1.807, 2.05) is 37.8 Å². The van der Waals surface area contributed by atoms with Crippen LogP contribution in [-0.2, 0) is 4.74 Å². The lowest BCUT2D eigenvalue weighted by molar-refractivity contribution is -0.00745. The molecule has 12 heteroatoms. The van der Waals surface area contributed by atoms with E-state index in [4.69, 9.17) is 37.4 Å². The van der Waals surface area contributed by atoms with Crippen LogP contribution in [-0.4, -0.2) is 75.9 Å². The van der Waals surface area contributed by atoms with Gasteiger partial charge in [-0.05, 0) is 71.3 Å². The predicted molar refractivity (Wildman–Crippen MR) is 164 cm³/mol. The summed E-state index contributed by atoms with van der Waals surface area (Å²) in [5.74, 6) is 0.855. The van der Waals surface area contributed by atoms with E-state index < -0.39 is 11.4 Å². The van der Waals surface area contributed by atoms with Gasteiger partial charge in [0.1, 0.15) is 30.5 Å². The summed E-state index contributed by atoms with van der Waals surface area (Å²) in [5, 5.41) is 3.63. The highest BCUT2D eigenvalue weighted by Crippen LogP contribution is 2.42. The fraction of sp³-hybridized carbons (Fsp3) is 0.516. The van der Waals surface area contributed by atoms with E-state index in [1.54, 1.807) is 0 Å². The highest BCUT2D eigenvalue weighted by Gasteiger charge is 2.45. The topological polar surface area (TPSA) is 89.0 Å². The van der Waals surface area contributed by atoms with Crippen molar-refractivity contribution in [2.75, 3.05) is 31.6 Å². The number of carbonyl (C=O) groups is 1. The van der Waals surface area contributed by atoms with Crippen LogP contribution in [0.2, 0.25) is 10.0 Å². The minimum Gasteiger partial charge on any atom is -0.488 e. The molecule has 0 spiro atoms. The number of nitrogens with zero attached hydrogens (tertiary/aromatic N) is 4. The molecule has 0 saturated carbocycles.